The van der Waals surface area contributed by atoms with Gasteiger partial charge in [-0.1, -0.05) is 38.2 Å². The molecule has 0 aromatic carbocycles. The van der Waals surface area contributed by atoms with Crippen molar-refractivity contribution in [1.29, 1.82) is 0 Å². The summed E-state index contributed by atoms with van der Waals surface area (Å²) in [6.07, 6.45) is 0. The minimum absolute atomic E-state index is 0.0506. The van der Waals surface area contributed by atoms with Crippen LogP contribution in [0.3, 0.4) is 0 Å². The summed E-state index contributed by atoms with van der Waals surface area (Å²) in [5.74, 6) is 0. The summed E-state index contributed by atoms with van der Waals surface area (Å²) in [5.41, 5.74) is -0.0506. The van der Waals surface area contributed by atoms with Gasteiger partial charge in [-0.3, -0.25) is 5.32 Å². The molecule has 2 rings (SSSR count). The van der Waals surface area contributed by atoms with Gasteiger partial charge in [-0.25, -0.2) is 4.79 Å². The van der Waals surface area contributed by atoms with Gasteiger partial charge in [-0.05, 0) is 11.4 Å². The average Bonchev–Trinajstić information content (AvgIpc) is 2.95. The van der Waals surface area contributed by atoms with E-state index in [1.807, 2.05) is 17.5 Å². The van der Waals surface area contributed by atoms with E-state index in [0.29, 0.717) is 11.7 Å². The van der Waals surface area contributed by atoms with Crippen LogP contribution in [0.2, 0.25) is 0 Å². The van der Waals surface area contributed by atoms with E-state index in [1.54, 1.807) is 11.3 Å². The fourth-order valence-electron chi connectivity index (χ4n) is 1.30. The van der Waals surface area contributed by atoms with Crippen LogP contribution in [0.25, 0.3) is 0 Å². The third-order valence-corrected chi connectivity index (χ3v) is 4.43. The molecule has 0 spiro atoms. The second-order valence-corrected chi connectivity index (χ2v) is 7.06. The van der Waals surface area contributed by atoms with Crippen LogP contribution >= 0.6 is 22.7 Å². The Kier molecular flexibility index (Phi) is 4.16. The topological polar surface area (TPSA) is 66.9 Å². The van der Waals surface area contributed by atoms with Crippen LogP contribution in [0.5, 0.6) is 0 Å². The van der Waals surface area contributed by atoms with Crippen LogP contribution in [-0.2, 0) is 12.0 Å². The highest BCUT2D eigenvalue weighted by atomic mass is 32.1. The molecule has 2 N–H and O–H groups in total. The van der Waals surface area contributed by atoms with Gasteiger partial charge in [0, 0.05) is 10.3 Å². The number of hydrogen-bond acceptors (Lipinski definition) is 5. The molecule has 0 bridgehead atoms. The smallest absolute Gasteiger partial charge is 0.321 e. The van der Waals surface area contributed by atoms with Gasteiger partial charge >= 0.3 is 6.03 Å². The number of urea groups is 1. The Balaban J connectivity index is 1.87. The molecule has 0 aliphatic rings. The first-order valence-corrected chi connectivity index (χ1v) is 7.56. The van der Waals surface area contributed by atoms with Crippen molar-refractivity contribution in [3.05, 3.63) is 27.4 Å². The number of anilines is 1. The van der Waals surface area contributed by atoms with Crippen molar-refractivity contribution in [2.75, 3.05) is 5.32 Å². The first kappa shape index (κ1) is 14.0. The summed E-state index contributed by atoms with van der Waals surface area (Å²) in [5, 5.41) is 16.9. The molecule has 2 amide bonds. The summed E-state index contributed by atoms with van der Waals surface area (Å²) in [4.78, 5) is 12.8. The third kappa shape index (κ3) is 4.00. The second kappa shape index (κ2) is 5.66. The van der Waals surface area contributed by atoms with Crippen LogP contribution in [0.4, 0.5) is 9.93 Å². The number of carbonyl (C=O) groups excluding carboxylic acids is 1. The molecule has 2 aromatic rings. The first-order chi connectivity index (χ1) is 8.95. The van der Waals surface area contributed by atoms with Gasteiger partial charge < -0.3 is 5.32 Å². The number of hydrogen-bond donors (Lipinski definition) is 2. The summed E-state index contributed by atoms with van der Waals surface area (Å²) in [6.45, 7) is 6.71. The molecule has 0 aliphatic carbocycles. The minimum Gasteiger partial charge on any atom is -0.333 e. The molecule has 0 aliphatic heterocycles. The molecule has 5 nitrogen and oxygen atoms in total. The number of aromatic nitrogens is 2. The normalized spacial score (nSPS) is 11.3. The van der Waals surface area contributed by atoms with Crippen LogP contribution in [0.1, 0.15) is 30.7 Å². The maximum Gasteiger partial charge on any atom is 0.321 e. The van der Waals surface area contributed by atoms with E-state index in [1.165, 1.54) is 11.3 Å². The van der Waals surface area contributed by atoms with Gasteiger partial charge in [0.15, 0.2) is 0 Å². The minimum atomic E-state index is -0.259. The van der Waals surface area contributed by atoms with Gasteiger partial charge in [0.25, 0.3) is 0 Å². The Morgan fingerprint density at radius 1 is 1.37 bits per heavy atom. The van der Waals surface area contributed by atoms with Crippen LogP contribution in [-0.4, -0.2) is 16.2 Å². The Morgan fingerprint density at radius 3 is 2.74 bits per heavy atom. The average molecular weight is 296 g/mol. The largest absolute Gasteiger partial charge is 0.333 e. The van der Waals surface area contributed by atoms with Crippen molar-refractivity contribution in [2.24, 2.45) is 0 Å². The number of thiophene rings is 1. The number of rotatable bonds is 3. The quantitative estimate of drug-likeness (QED) is 0.914. The van der Waals surface area contributed by atoms with Crippen LogP contribution in [0.15, 0.2) is 17.5 Å². The molecular formula is C12H16N4OS2. The van der Waals surface area contributed by atoms with Crippen molar-refractivity contribution in [2.45, 2.75) is 32.7 Å². The zero-order valence-corrected chi connectivity index (χ0v) is 12.7. The summed E-state index contributed by atoms with van der Waals surface area (Å²) >= 11 is 3.01. The van der Waals surface area contributed by atoms with Gasteiger partial charge in [0.2, 0.25) is 5.13 Å². The van der Waals surface area contributed by atoms with Crippen molar-refractivity contribution >= 4 is 33.8 Å². The van der Waals surface area contributed by atoms with Crippen molar-refractivity contribution in [3.63, 3.8) is 0 Å². The molecule has 102 valence electrons. The fraction of sp³-hybridized carbons (Fsp3) is 0.417. The number of nitrogens with zero attached hydrogens (tertiary/aromatic N) is 2. The Hall–Kier alpha value is -1.47. The van der Waals surface area contributed by atoms with E-state index in [2.05, 4.69) is 41.6 Å². The molecule has 0 saturated heterocycles. The third-order valence-electron chi connectivity index (χ3n) is 2.29. The lowest BCUT2D eigenvalue weighted by Crippen LogP contribution is -2.27. The number of carbonyl (C=O) groups is 1. The zero-order valence-electron chi connectivity index (χ0n) is 11.1. The zero-order chi connectivity index (χ0) is 13.9. The first-order valence-electron chi connectivity index (χ1n) is 5.86. The lowest BCUT2D eigenvalue weighted by molar-refractivity contribution is 0.252. The Bertz CT molecular complexity index is 542. The van der Waals surface area contributed by atoms with E-state index in [4.69, 9.17) is 0 Å². The van der Waals surface area contributed by atoms with E-state index < -0.39 is 0 Å². The second-order valence-electron chi connectivity index (χ2n) is 5.05. The maximum absolute atomic E-state index is 11.7. The van der Waals surface area contributed by atoms with E-state index in [9.17, 15) is 4.79 Å². The standard InChI is InChI=1S/C12H16N4OS2/c1-12(2,3)9-15-16-11(19-9)14-10(17)13-7-8-5-4-6-18-8/h4-6H,7H2,1-3H3,(H2,13,14,16,17). The Morgan fingerprint density at radius 2 is 2.16 bits per heavy atom. The molecule has 0 radical (unpaired) electrons. The van der Waals surface area contributed by atoms with E-state index in [0.717, 1.165) is 9.88 Å². The fourth-order valence-corrected chi connectivity index (χ4v) is 2.74. The number of amides is 2. The molecule has 2 heterocycles. The summed E-state index contributed by atoms with van der Waals surface area (Å²) < 4.78 is 0. The highest BCUT2D eigenvalue weighted by Crippen LogP contribution is 2.27. The van der Waals surface area contributed by atoms with E-state index >= 15 is 0 Å². The molecule has 0 atom stereocenters. The Labute approximate surface area is 120 Å². The molecular weight excluding hydrogens is 280 g/mol. The monoisotopic (exact) mass is 296 g/mol. The van der Waals surface area contributed by atoms with E-state index in [-0.39, 0.29) is 11.4 Å². The molecule has 7 heteroatoms. The lowest BCUT2D eigenvalue weighted by atomic mass is 9.98. The SMILES string of the molecule is CC(C)(C)c1nnc(NC(=O)NCc2cccs2)s1. The van der Waals surface area contributed by atoms with Crippen LogP contribution < -0.4 is 10.6 Å². The van der Waals surface area contributed by atoms with Gasteiger partial charge in [-0.15, -0.1) is 21.5 Å². The summed E-state index contributed by atoms with van der Waals surface area (Å²) in [7, 11) is 0. The summed E-state index contributed by atoms with van der Waals surface area (Å²) in [6, 6.07) is 3.68. The lowest BCUT2D eigenvalue weighted by Gasteiger charge is -2.12. The van der Waals surface area contributed by atoms with Gasteiger partial charge in [-0.2, -0.15) is 0 Å². The van der Waals surface area contributed by atoms with Crippen molar-refractivity contribution in [3.8, 4) is 0 Å². The van der Waals surface area contributed by atoms with Gasteiger partial charge in [0.1, 0.15) is 5.01 Å². The molecule has 0 unspecified atom stereocenters. The predicted molar refractivity (Wildman–Crippen MR) is 78.8 cm³/mol. The maximum atomic E-state index is 11.7. The molecule has 2 aromatic heterocycles. The van der Waals surface area contributed by atoms with Crippen molar-refractivity contribution < 1.29 is 4.79 Å². The van der Waals surface area contributed by atoms with Crippen LogP contribution in [0, 0.1) is 0 Å². The highest BCUT2D eigenvalue weighted by Gasteiger charge is 2.19. The number of nitrogens with one attached hydrogen (secondary N) is 2. The highest BCUT2D eigenvalue weighted by molar-refractivity contribution is 7.15. The molecule has 0 fully saturated rings. The molecule has 0 saturated carbocycles. The predicted octanol–water partition coefficient (Wildman–Crippen LogP) is 3.22. The molecule has 19 heavy (non-hydrogen) atoms. The van der Waals surface area contributed by atoms with Gasteiger partial charge in [0.05, 0.1) is 6.54 Å². The van der Waals surface area contributed by atoms with Crippen molar-refractivity contribution in [1.82, 2.24) is 15.5 Å².